The standard InChI is InChI=1S/C19H14F3N3O2S/c20-19(21,22)27-13-2-3-14-15(10-13)24-18(23-14)25-6-8-28-17(25)12-1-4-16-11(9-12)5-7-26-16/h1-4,6,8-10,17H,5,7H2,(H,23,24). The second kappa shape index (κ2) is 6.37. The van der Waals surface area contributed by atoms with E-state index in [0.717, 1.165) is 17.7 Å². The van der Waals surface area contributed by atoms with E-state index in [-0.39, 0.29) is 11.1 Å². The third-order valence-electron chi connectivity index (χ3n) is 4.60. The van der Waals surface area contributed by atoms with Gasteiger partial charge in [0.15, 0.2) is 0 Å². The molecule has 2 aliphatic heterocycles. The molecule has 2 aliphatic rings. The number of H-pyrrole nitrogens is 1. The second-order valence-corrected chi connectivity index (χ2v) is 7.42. The minimum absolute atomic E-state index is 0.0163. The highest BCUT2D eigenvalue weighted by atomic mass is 32.2. The van der Waals surface area contributed by atoms with Crippen molar-refractivity contribution in [1.29, 1.82) is 0 Å². The molecule has 5 nitrogen and oxygen atoms in total. The number of imidazole rings is 1. The largest absolute Gasteiger partial charge is 0.573 e. The lowest BCUT2D eigenvalue weighted by Crippen LogP contribution is -2.18. The van der Waals surface area contributed by atoms with Gasteiger partial charge in [0.05, 0.1) is 17.6 Å². The van der Waals surface area contributed by atoms with Crippen molar-refractivity contribution in [1.82, 2.24) is 9.97 Å². The zero-order valence-corrected chi connectivity index (χ0v) is 15.2. The van der Waals surface area contributed by atoms with E-state index in [2.05, 4.69) is 20.8 Å². The van der Waals surface area contributed by atoms with Crippen LogP contribution in [0.3, 0.4) is 0 Å². The fourth-order valence-corrected chi connectivity index (χ4v) is 4.35. The van der Waals surface area contributed by atoms with Crippen LogP contribution in [0.25, 0.3) is 11.0 Å². The van der Waals surface area contributed by atoms with E-state index in [4.69, 9.17) is 4.74 Å². The van der Waals surface area contributed by atoms with Crippen LogP contribution >= 0.6 is 11.8 Å². The van der Waals surface area contributed by atoms with Crippen LogP contribution in [0.5, 0.6) is 11.5 Å². The van der Waals surface area contributed by atoms with Gasteiger partial charge in [-0.2, -0.15) is 0 Å². The van der Waals surface area contributed by atoms with Crippen molar-refractivity contribution in [3.63, 3.8) is 0 Å². The molecular weight excluding hydrogens is 391 g/mol. The van der Waals surface area contributed by atoms with Gasteiger partial charge < -0.3 is 19.4 Å². The number of rotatable bonds is 3. The third kappa shape index (κ3) is 3.15. The number of alkyl halides is 3. The van der Waals surface area contributed by atoms with Gasteiger partial charge in [0.1, 0.15) is 16.9 Å². The Morgan fingerprint density at radius 3 is 2.96 bits per heavy atom. The molecule has 28 heavy (non-hydrogen) atoms. The summed E-state index contributed by atoms with van der Waals surface area (Å²) in [6.07, 6.45) is -1.93. The summed E-state index contributed by atoms with van der Waals surface area (Å²) in [5, 5.41) is 1.96. The Bertz CT molecular complexity index is 1080. The van der Waals surface area contributed by atoms with E-state index in [9.17, 15) is 13.2 Å². The molecule has 2 aromatic carbocycles. The van der Waals surface area contributed by atoms with Crippen molar-refractivity contribution < 1.29 is 22.6 Å². The van der Waals surface area contributed by atoms with Crippen LogP contribution in [-0.4, -0.2) is 22.9 Å². The van der Waals surface area contributed by atoms with Gasteiger partial charge in [-0.1, -0.05) is 6.07 Å². The first-order valence-electron chi connectivity index (χ1n) is 8.58. The fourth-order valence-electron chi connectivity index (χ4n) is 3.39. The highest BCUT2D eigenvalue weighted by Gasteiger charge is 2.31. The summed E-state index contributed by atoms with van der Waals surface area (Å²) >= 11 is 1.64. The number of nitrogens with one attached hydrogen (secondary N) is 1. The number of aromatic nitrogens is 2. The number of hydrogen-bond donors (Lipinski definition) is 1. The van der Waals surface area contributed by atoms with Gasteiger partial charge in [0.25, 0.3) is 0 Å². The van der Waals surface area contributed by atoms with Crippen LogP contribution in [0.15, 0.2) is 48.0 Å². The average molecular weight is 405 g/mol. The van der Waals surface area contributed by atoms with E-state index >= 15 is 0 Å². The number of halogens is 3. The molecule has 3 heterocycles. The van der Waals surface area contributed by atoms with Gasteiger partial charge in [0.2, 0.25) is 5.95 Å². The van der Waals surface area contributed by atoms with Crippen molar-refractivity contribution >= 4 is 28.7 Å². The molecule has 0 radical (unpaired) electrons. The molecule has 0 bridgehead atoms. The first kappa shape index (κ1) is 17.3. The molecule has 5 rings (SSSR count). The zero-order valence-electron chi connectivity index (χ0n) is 14.4. The second-order valence-electron chi connectivity index (χ2n) is 6.43. The molecule has 0 saturated carbocycles. The minimum Gasteiger partial charge on any atom is -0.493 e. The number of hydrogen-bond acceptors (Lipinski definition) is 5. The van der Waals surface area contributed by atoms with E-state index in [1.807, 2.05) is 28.6 Å². The molecule has 1 aromatic heterocycles. The Labute approximate surface area is 162 Å². The molecule has 0 saturated heterocycles. The Morgan fingerprint density at radius 2 is 2.11 bits per heavy atom. The van der Waals surface area contributed by atoms with Crippen LogP contribution < -0.4 is 14.4 Å². The monoisotopic (exact) mass is 405 g/mol. The van der Waals surface area contributed by atoms with Crippen molar-refractivity contribution in [2.24, 2.45) is 0 Å². The number of nitrogens with zero attached hydrogens (tertiary/aromatic N) is 2. The molecular formula is C19H14F3N3O2S. The molecule has 3 aromatic rings. The summed E-state index contributed by atoms with van der Waals surface area (Å²) in [6, 6.07) is 10.2. The molecule has 1 unspecified atom stereocenters. The van der Waals surface area contributed by atoms with Gasteiger partial charge in [-0.25, -0.2) is 4.98 Å². The molecule has 0 fully saturated rings. The summed E-state index contributed by atoms with van der Waals surface area (Å²) < 4.78 is 46.9. The van der Waals surface area contributed by atoms with Crippen molar-refractivity contribution in [2.75, 3.05) is 11.5 Å². The predicted molar refractivity (Wildman–Crippen MR) is 100 cm³/mol. The Balaban J connectivity index is 1.46. The van der Waals surface area contributed by atoms with Crippen LogP contribution in [0.2, 0.25) is 0 Å². The van der Waals surface area contributed by atoms with E-state index in [1.165, 1.54) is 23.8 Å². The topological polar surface area (TPSA) is 50.4 Å². The SMILES string of the molecule is FC(F)(F)Oc1ccc2nc(N3C=CSC3c3ccc4c(c3)CCO4)[nH]c2c1. The Kier molecular flexibility index (Phi) is 3.94. The van der Waals surface area contributed by atoms with Crippen molar-refractivity contribution in [2.45, 2.75) is 18.2 Å². The van der Waals surface area contributed by atoms with Gasteiger partial charge in [-0.05, 0) is 40.8 Å². The van der Waals surface area contributed by atoms with Crippen LogP contribution in [-0.2, 0) is 6.42 Å². The maximum Gasteiger partial charge on any atom is 0.573 e. The summed E-state index contributed by atoms with van der Waals surface area (Å²) in [5.41, 5.74) is 3.34. The number of ether oxygens (including phenoxy) is 2. The Morgan fingerprint density at radius 1 is 1.21 bits per heavy atom. The minimum atomic E-state index is -4.73. The number of fused-ring (bicyclic) bond motifs is 2. The highest BCUT2D eigenvalue weighted by molar-refractivity contribution is 8.02. The molecule has 144 valence electrons. The van der Waals surface area contributed by atoms with Gasteiger partial charge in [-0.15, -0.1) is 24.9 Å². The molecule has 1 atom stereocenters. The maximum absolute atomic E-state index is 12.4. The van der Waals surface area contributed by atoms with Gasteiger partial charge >= 0.3 is 6.36 Å². The lowest BCUT2D eigenvalue weighted by molar-refractivity contribution is -0.274. The lowest BCUT2D eigenvalue weighted by Gasteiger charge is -2.23. The predicted octanol–water partition coefficient (Wildman–Crippen LogP) is 5.12. The summed E-state index contributed by atoms with van der Waals surface area (Å²) in [4.78, 5) is 9.58. The number of benzene rings is 2. The van der Waals surface area contributed by atoms with Crippen molar-refractivity contribution in [3.05, 3.63) is 59.1 Å². The van der Waals surface area contributed by atoms with Crippen LogP contribution in [0.1, 0.15) is 16.5 Å². The summed E-state index contributed by atoms with van der Waals surface area (Å²) in [5.74, 6) is 1.20. The quantitative estimate of drug-likeness (QED) is 0.656. The first-order valence-corrected chi connectivity index (χ1v) is 9.52. The number of anilines is 1. The molecule has 9 heteroatoms. The average Bonchev–Trinajstić information content (AvgIpc) is 3.37. The lowest BCUT2D eigenvalue weighted by atomic mass is 10.1. The van der Waals surface area contributed by atoms with Gasteiger partial charge in [0, 0.05) is 18.7 Å². The first-order chi connectivity index (χ1) is 13.5. The molecule has 1 N–H and O–H groups in total. The normalized spacial score (nSPS) is 18.5. The van der Waals surface area contributed by atoms with E-state index in [0.29, 0.717) is 23.6 Å². The van der Waals surface area contributed by atoms with Crippen molar-refractivity contribution in [3.8, 4) is 11.5 Å². The smallest absolute Gasteiger partial charge is 0.493 e. The van der Waals surface area contributed by atoms with E-state index in [1.54, 1.807) is 11.8 Å². The Hall–Kier alpha value is -2.81. The highest BCUT2D eigenvalue weighted by Crippen LogP contribution is 2.43. The van der Waals surface area contributed by atoms with Crippen LogP contribution in [0, 0.1) is 0 Å². The van der Waals surface area contributed by atoms with E-state index < -0.39 is 6.36 Å². The van der Waals surface area contributed by atoms with Gasteiger partial charge in [-0.3, -0.25) is 0 Å². The zero-order chi connectivity index (χ0) is 19.3. The maximum atomic E-state index is 12.4. The molecule has 0 amide bonds. The summed E-state index contributed by atoms with van der Waals surface area (Å²) in [6.45, 7) is 0.699. The van der Waals surface area contributed by atoms with Crippen LogP contribution in [0.4, 0.5) is 19.1 Å². The third-order valence-corrected chi connectivity index (χ3v) is 5.64. The summed E-state index contributed by atoms with van der Waals surface area (Å²) in [7, 11) is 0. The molecule has 0 aliphatic carbocycles. The molecule has 0 spiro atoms. The number of aromatic amines is 1. The number of thioether (sulfide) groups is 1. The fraction of sp³-hybridized carbons (Fsp3) is 0.211.